The van der Waals surface area contributed by atoms with Crippen LogP contribution >= 0.6 is 0 Å². The molecular formula is C10H15N3O. The second kappa shape index (κ2) is 4.19. The van der Waals surface area contributed by atoms with Crippen molar-refractivity contribution in [2.45, 2.75) is 19.4 Å². The van der Waals surface area contributed by atoms with E-state index in [2.05, 4.69) is 10.3 Å². The molecule has 1 amide bonds. The van der Waals surface area contributed by atoms with E-state index in [-0.39, 0.29) is 0 Å². The zero-order chi connectivity index (χ0) is 10.6. The lowest BCUT2D eigenvalue weighted by Gasteiger charge is -2.26. The van der Waals surface area contributed by atoms with Crippen molar-refractivity contribution in [1.82, 2.24) is 10.3 Å². The Morgan fingerprint density at radius 1 is 1.71 bits per heavy atom. The van der Waals surface area contributed by atoms with E-state index in [9.17, 15) is 4.79 Å². The fraction of sp³-hybridized carbons (Fsp3) is 0.400. The maximum absolute atomic E-state index is 11.3. The minimum absolute atomic E-state index is 0.396. The number of amides is 1. The van der Waals surface area contributed by atoms with Gasteiger partial charge in [-0.25, -0.2) is 0 Å². The molecule has 0 bridgehead atoms. The molecule has 0 aliphatic carbocycles. The topological polar surface area (TPSA) is 68.0 Å². The normalized spacial score (nSPS) is 14.7. The number of nitrogens with two attached hydrogens (primary N) is 1. The minimum Gasteiger partial charge on any atom is -0.368 e. The molecule has 0 spiro atoms. The lowest BCUT2D eigenvalue weighted by Crippen LogP contribution is -2.50. The van der Waals surface area contributed by atoms with Crippen LogP contribution in [0.25, 0.3) is 0 Å². The Hall–Kier alpha value is -1.42. The molecule has 0 radical (unpaired) electrons. The number of rotatable bonds is 4. The van der Waals surface area contributed by atoms with Crippen LogP contribution in [0.4, 0.5) is 0 Å². The summed E-state index contributed by atoms with van der Waals surface area (Å²) in [6, 6.07) is 3.62. The minimum atomic E-state index is -0.830. The molecule has 1 aromatic rings. The van der Waals surface area contributed by atoms with Gasteiger partial charge in [-0.3, -0.25) is 9.78 Å². The highest BCUT2D eigenvalue weighted by molar-refractivity contribution is 5.85. The predicted molar refractivity (Wildman–Crippen MR) is 54.5 cm³/mol. The maximum Gasteiger partial charge on any atom is 0.242 e. The van der Waals surface area contributed by atoms with E-state index >= 15 is 0 Å². The zero-order valence-electron chi connectivity index (χ0n) is 8.45. The summed E-state index contributed by atoms with van der Waals surface area (Å²) < 4.78 is 0. The van der Waals surface area contributed by atoms with Crippen LogP contribution in [-0.2, 0) is 10.3 Å². The van der Waals surface area contributed by atoms with Crippen molar-refractivity contribution in [3.63, 3.8) is 0 Å². The number of aromatic nitrogens is 1. The fourth-order valence-electron chi connectivity index (χ4n) is 1.34. The predicted octanol–water partition coefficient (Wildman–Crippen LogP) is 0.392. The number of nitrogens with zero attached hydrogens (tertiary/aromatic N) is 1. The average molecular weight is 193 g/mol. The number of likely N-dealkylation sites (N-methyl/N-ethyl adjacent to an activating group) is 1. The maximum atomic E-state index is 11.3. The Morgan fingerprint density at radius 2 is 2.43 bits per heavy atom. The highest BCUT2D eigenvalue weighted by Gasteiger charge is 2.31. The van der Waals surface area contributed by atoms with Gasteiger partial charge in [0.25, 0.3) is 0 Å². The van der Waals surface area contributed by atoms with E-state index in [1.165, 1.54) is 0 Å². The molecule has 4 nitrogen and oxygen atoms in total. The highest BCUT2D eigenvalue weighted by Crippen LogP contribution is 2.18. The highest BCUT2D eigenvalue weighted by atomic mass is 16.1. The van der Waals surface area contributed by atoms with Crippen LogP contribution in [0.15, 0.2) is 24.5 Å². The van der Waals surface area contributed by atoms with Gasteiger partial charge >= 0.3 is 0 Å². The molecule has 0 aliphatic heterocycles. The monoisotopic (exact) mass is 193 g/mol. The van der Waals surface area contributed by atoms with Gasteiger partial charge in [-0.05, 0) is 25.1 Å². The van der Waals surface area contributed by atoms with Crippen LogP contribution in [-0.4, -0.2) is 17.4 Å². The van der Waals surface area contributed by atoms with Gasteiger partial charge in [0.2, 0.25) is 5.91 Å². The molecule has 3 N–H and O–H groups in total. The molecule has 14 heavy (non-hydrogen) atoms. The van der Waals surface area contributed by atoms with Gasteiger partial charge in [0, 0.05) is 12.4 Å². The van der Waals surface area contributed by atoms with E-state index in [1.807, 2.05) is 13.0 Å². The van der Waals surface area contributed by atoms with Crippen molar-refractivity contribution in [2.75, 3.05) is 6.54 Å². The summed E-state index contributed by atoms with van der Waals surface area (Å²) in [6.45, 7) is 4.36. The van der Waals surface area contributed by atoms with E-state index in [1.54, 1.807) is 25.4 Å². The molecule has 1 atom stereocenters. The molecule has 0 aliphatic rings. The third-order valence-corrected chi connectivity index (χ3v) is 2.26. The number of carbonyl (C=O) groups is 1. The van der Waals surface area contributed by atoms with Crippen molar-refractivity contribution in [1.29, 1.82) is 0 Å². The number of hydrogen-bond acceptors (Lipinski definition) is 3. The first-order chi connectivity index (χ1) is 6.61. The van der Waals surface area contributed by atoms with Crippen LogP contribution in [0.5, 0.6) is 0 Å². The van der Waals surface area contributed by atoms with Gasteiger partial charge in [0.15, 0.2) is 0 Å². The van der Waals surface area contributed by atoms with E-state index < -0.39 is 11.4 Å². The Labute approximate surface area is 83.5 Å². The molecule has 1 unspecified atom stereocenters. The standard InChI is InChI=1S/C10H15N3O/c1-3-13-10(2,9(11)14)8-5-4-6-12-7-8/h4-7,13H,3H2,1-2H3,(H2,11,14). The first-order valence-electron chi connectivity index (χ1n) is 4.56. The third-order valence-electron chi connectivity index (χ3n) is 2.26. The second-order valence-electron chi connectivity index (χ2n) is 3.26. The van der Waals surface area contributed by atoms with E-state index in [0.29, 0.717) is 6.54 Å². The second-order valence-corrected chi connectivity index (χ2v) is 3.26. The van der Waals surface area contributed by atoms with Gasteiger partial charge < -0.3 is 11.1 Å². The Balaban J connectivity index is 3.06. The number of pyridine rings is 1. The van der Waals surface area contributed by atoms with Crippen LogP contribution in [0.1, 0.15) is 19.4 Å². The van der Waals surface area contributed by atoms with Crippen molar-refractivity contribution < 1.29 is 4.79 Å². The summed E-state index contributed by atoms with van der Waals surface area (Å²) in [5.41, 5.74) is 5.32. The van der Waals surface area contributed by atoms with Gasteiger partial charge in [-0.1, -0.05) is 13.0 Å². The van der Waals surface area contributed by atoms with Crippen molar-refractivity contribution in [2.24, 2.45) is 5.73 Å². The first kappa shape index (κ1) is 10.7. The van der Waals surface area contributed by atoms with Crippen LogP contribution in [0, 0.1) is 0 Å². The van der Waals surface area contributed by atoms with E-state index in [0.717, 1.165) is 5.56 Å². The molecule has 4 heteroatoms. The molecule has 76 valence electrons. The van der Waals surface area contributed by atoms with Gasteiger partial charge in [-0.15, -0.1) is 0 Å². The van der Waals surface area contributed by atoms with Crippen LogP contribution < -0.4 is 11.1 Å². The number of nitrogens with one attached hydrogen (secondary N) is 1. The number of primary amides is 1. The Morgan fingerprint density at radius 3 is 2.86 bits per heavy atom. The molecule has 0 fully saturated rings. The third kappa shape index (κ3) is 1.90. The SMILES string of the molecule is CCNC(C)(C(N)=O)c1cccnc1. The smallest absolute Gasteiger partial charge is 0.242 e. The summed E-state index contributed by atoms with van der Waals surface area (Å²) >= 11 is 0. The summed E-state index contributed by atoms with van der Waals surface area (Å²) in [4.78, 5) is 15.3. The van der Waals surface area contributed by atoms with Crippen molar-refractivity contribution >= 4 is 5.91 Å². The molecule has 1 aromatic heterocycles. The zero-order valence-corrected chi connectivity index (χ0v) is 8.45. The van der Waals surface area contributed by atoms with Gasteiger partial charge in [0.1, 0.15) is 5.54 Å². The Bertz CT molecular complexity index is 312. The molecule has 0 saturated carbocycles. The fourth-order valence-corrected chi connectivity index (χ4v) is 1.34. The van der Waals surface area contributed by atoms with Gasteiger partial charge in [0.05, 0.1) is 0 Å². The summed E-state index contributed by atoms with van der Waals surface area (Å²) in [6.07, 6.45) is 3.31. The van der Waals surface area contributed by atoms with Crippen molar-refractivity contribution in [3.8, 4) is 0 Å². The molecule has 1 heterocycles. The first-order valence-corrected chi connectivity index (χ1v) is 4.56. The summed E-state index contributed by atoms with van der Waals surface area (Å²) in [5.74, 6) is -0.396. The molecule has 0 aromatic carbocycles. The summed E-state index contributed by atoms with van der Waals surface area (Å²) in [7, 11) is 0. The van der Waals surface area contributed by atoms with Crippen LogP contribution in [0.2, 0.25) is 0 Å². The molecule has 0 saturated heterocycles. The number of carbonyl (C=O) groups excluding carboxylic acids is 1. The average Bonchev–Trinajstić information content (AvgIpc) is 2.19. The summed E-state index contributed by atoms with van der Waals surface area (Å²) in [5, 5.41) is 3.06. The lowest BCUT2D eigenvalue weighted by molar-refractivity contribution is -0.124. The lowest BCUT2D eigenvalue weighted by atomic mass is 9.93. The number of hydrogen-bond donors (Lipinski definition) is 2. The van der Waals surface area contributed by atoms with Gasteiger partial charge in [-0.2, -0.15) is 0 Å². The van der Waals surface area contributed by atoms with E-state index in [4.69, 9.17) is 5.73 Å². The van der Waals surface area contributed by atoms with Crippen molar-refractivity contribution in [3.05, 3.63) is 30.1 Å². The molecular weight excluding hydrogens is 178 g/mol. The Kier molecular flexibility index (Phi) is 3.19. The largest absolute Gasteiger partial charge is 0.368 e. The molecule has 1 rings (SSSR count). The quantitative estimate of drug-likeness (QED) is 0.727. The van der Waals surface area contributed by atoms with Crippen LogP contribution in [0.3, 0.4) is 0 Å².